The number of benzene rings is 1. The molecule has 0 aliphatic heterocycles. The second-order valence-corrected chi connectivity index (χ2v) is 6.70. The number of hydrogen-bond acceptors (Lipinski definition) is 4. The smallest absolute Gasteiger partial charge is 0.263 e. The molecule has 0 radical (unpaired) electrons. The van der Waals surface area contributed by atoms with Gasteiger partial charge in [0.15, 0.2) is 0 Å². The summed E-state index contributed by atoms with van der Waals surface area (Å²) in [6.45, 7) is 0.929. The molecule has 4 nitrogen and oxygen atoms in total. The molecule has 1 aromatic carbocycles. The molecule has 0 aliphatic carbocycles. The van der Waals surface area contributed by atoms with Crippen LogP contribution in [0.3, 0.4) is 0 Å². The van der Waals surface area contributed by atoms with E-state index in [2.05, 4.69) is 0 Å². The molecule has 0 atom stereocenters. The van der Waals surface area contributed by atoms with Crippen molar-refractivity contribution in [1.29, 1.82) is 0 Å². The van der Waals surface area contributed by atoms with E-state index in [1.165, 1.54) is 18.4 Å². The van der Waals surface area contributed by atoms with E-state index in [0.29, 0.717) is 0 Å². The molecule has 0 saturated heterocycles. The van der Waals surface area contributed by atoms with E-state index in [9.17, 15) is 17.2 Å². The van der Waals surface area contributed by atoms with Crippen molar-refractivity contribution in [1.82, 2.24) is 0 Å². The second-order valence-electron chi connectivity index (χ2n) is 4.05. The first-order valence-electron chi connectivity index (χ1n) is 5.51. The minimum atomic E-state index is -4.07. The van der Waals surface area contributed by atoms with E-state index in [-0.39, 0.29) is 15.3 Å². The highest BCUT2D eigenvalue weighted by molar-refractivity contribution is 7.93. The molecule has 108 valence electrons. The fourth-order valence-corrected chi connectivity index (χ4v) is 3.96. The van der Waals surface area contributed by atoms with Gasteiger partial charge in [0.1, 0.15) is 16.5 Å². The van der Waals surface area contributed by atoms with Crippen LogP contribution in [-0.4, -0.2) is 13.5 Å². The van der Waals surface area contributed by atoms with Crippen LogP contribution in [0.4, 0.5) is 14.5 Å². The molecule has 8 heteroatoms. The minimum Gasteiger partial charge on any atom is -0.391 e. The Bertz CT molecular complexity index is 741. The molecule has 0 spiro atoms. The first kappa shape index (κ1) is 14.9. The third kappa shape index (κ3) is 2.82. The van der Waals surface area contributed by atoms with E-state index in [0.717, 1.165) is 23.5 Å². The Kier molecular flexibility index (Phi) is 4.07. The lowest BCUT2D eigenvalue weighted by molar-refractivity contribution is 0.282. The van der Waals surface area contributed by atoms with E-state index in [1.807, 2.05) is 4.72 Å². The van der Waals surface area contributed by atoms with Crippen molar-refractivity contribution < 1.29 is 22.3 Å². The fourth-order valence-electron chi connectivity index (χ4n) is 1.61. The van der Waals surface area contributed by atoms with Gasteiger partial charge in [-0.2, -0.15) is 0 Å². The van der Waals surface area contributed by atoms with Crippen molar-refractivity contribution in [2.75, 3.05) is 4.72 Å². The molecule has 0 aliphatic rings. The number of aryl methyl sites for hydroxylation is 1. The predicted octanol–water partition coefficient (Wildman–Crippen LogP) is 2.63. The van der Waals surface area contributed by atoms with Gasteiger partial charge in [-0.15, -0.1) is 11.3 Å². The van der Waals surface area contributed by atoms with Crippen molar-refractivity contribution in [3.8, 4) is 0 Å². The molecule has 1 heterocycles. The Hall–Kier alpha value is -1.51. The molecule has 20 heavy (non-hydrogen) atoms. The molecular formula is C12H11F2NO3S2. The highest BCUT2D eigenvalue weighted by Gasteiger charge is 2.21. The lowest BCUT2D eigenvalue weighted by Crippen LogP contribution is -2.15. The summed E-state index contributed by atoms with van der Waals surface area (Å²) in [6.07, 6.45) is 0. The molecule has 2 N–H and O–H groups in total. The van der Waals surface area contributed by atoms with Gasteiger partial charge < -0.3 is 5.11 Å². The molecule has 0 saturated carbocycles. The van der Waals surface area contributed by atoms with Gasteiger partial charge in [0, 0.05) is 6.07 Å². The quantitative estimate of drug-likeness (QED) is 0.910. The van der Waals surface area contributed by atoms with Crippen LogP contribution in [0.5, 0.6) is 0 Å². The van der Waals surface area contributed by atoms with Crippen molar-refractivity contribution in [2.24, 2.45) is 0 Å². The van der Waals surface area contributed by atoms with Gasteiger partial charge in [-0.3, -0.25) is 4.72 Å². The molecule has 0 bridgehead atoms. The summed E-state index contributed by atoms with van der Waals surface area (Å²) in [5.41, 5.74) is -0.389. The van der Waals surface area contributed by atoms with Crippen LogP contribution < -0.4 is 4.72 Å². The lowest BCUT2D eigenvalue weighted by Gasteiger charge is -2.10. The number of aliphatic hydroxyl groups excluding tert-OH is 1. The van der Waals surface area contributed by atoms with E-state index in [1.54, 1.807) is 0 Å². The van der Waals surface area contributed by atoms with Crippen molar-refractivity contribution in [3.05, 3.63) is 45.7 Å². The highest BCUT2D eigenvalue weighted by atomic mass is 32.2. The van der Waals surface area contributed by atoms with Gasteiger partial charge in [0.2, 0.25) is 0 Å². The van der Waals surface area contributed by atoms with Crippen LogP contribution in [0.15, 0.2) is 28.5 Å². The van der Waals surface area contributed by atoms with Gasteiger partial charge in [0.05, 0.1) is 17.2 Å². The monoisotopic (exact) mass is 319 g/mol. The topological polar surface area (TPSA) is 66.4 Å². The van der Waals surface area contributed by atoms with Crippen molar-refractivity contribution in [2.45, 2.75) is 18.4 Å². The van der Waals surface area contributed by atoms with Gasteiger partial charge in [-0.1, -0.05) is 0 Å². The molecule has 1 aromatic heterocycles. The Labute approximate surface area is 118 Å². The summed E-state index contributed by atoms with van der Waals surface area (Å²) in [6, 6.07) is 2.99. The Morgan fingerprint density at radius 1 is 1.30 bits per heavy atom. The Morgan fingerprint density at radius 2 is 2.00 bits per heavy atom. The number of nitrogens with one attached hydrogen (secondary N) is 1. The van der Waals surface area contributed by atoms with Gasteiger partial charge in [-0.25, -0.2) is 17.2 Å². The summed E-state index contributed by atoms with van der Waals surface area (Å²) in [5, 5.41) is 10.5. The zero-order chi connectivity index (χ0) is 14.9. The standard InChI is InChI=1S/C12H11F2NO3S2/c1-7-4-9(14)10(5-8(7)13)15-20(17,18)12-2-3-19-11(12)6-16/h2-5,15-16H,6H2,1H3. The zero-order valence-corrected chi connectivity index (χ0v) is 12.0. The number of hydrogen-bond donors (Lipinski definition) is 2. The van der Waals surface area contributed by atoms with Crippen LogP contribution >= 0.6 is 11.3 Å². The van der Waals surface area contributed by atoms with E-state index >= 15 is 0 Å². The normalized spacial score (nSPS) is 11.6. The maximum absolute atomic E-state index is 13.6. The zero-order valence-electron chi connectivity index (χ0n) is 10.4. The average molecular weight is 319 g/mol. The highest BCUT2D eigenvalue weighted by Crippen LogP contribution is 2.26. The SMILES string of the molecule is Cc1cc(F)c(NS(=O)(=O)c2ccsc2CO)cc1F. The number of sulfonamides is 1. The fraction of sp³-hybridized carbons (Fsp3) is 0.167. The molecule has 2 aromatic rings. The van der Waals surface area contributed by atoms with Crippen LogP contribution in [-0.2, 0) is 16.6 Å². The van der Waals surface area contributed by atoms with Crippen LogP contribution in [0, 0.1) is 18.6 Å². The van der Waals surface area contributed by atoms with Crippen LogP contribution in [0.1, 0.15) is 10.4 Å². The van der Waals surface area contributed by atoms with Crippen LogP contribution in [0.25, 0.3) is 0 Å². The Morgan fingerprint density at radius 3 is 2.65 bits per heavy atom. The average Bonchev–Trinajstić information content (AvgIpc) is 2.84. The molecule has 0 unspecified atom stereocenters. The number of thiophene rings is 1. The third-order valence-corrected chi connectivity index (χ3v) is 5.12. The summed E-state index contributed by atoms with van der Waals surface area (Å²) >= 11 is 1.06. The first-order chi connectivity index (χ1) is 9.35. The lowest BCUT2D eigenvalue weighted by atomic mass is 10.2. The first-order valence-corrected chi connectivity index (χ1v) is 7.87. The minimum absolute atomic E-state index is 0.0806. The largest absolute Gasteiger partial charge is 0.391 e. The third-order valence-electron chi connectivity index (χ3n) is 2.63. The summed E-state index contributed by atoms with van der Waals surface area (Å²) < 4.78 is 53.2. The van der Waals surface area contributed by atoms with Gasteiger partial charge in [-0.05, 0) is 30.0 Å². The van der Waals surface area contributed by atoms with Crippen LogP contribution in [0.2, 0.25) is 0 Å². The van der Waals surface area contributed by atoms with Gasteiger partial charge >= 0.3 is 0 Å². The number of rotatable bonds is 4. The summed E-state index contributed by atoms with van der Waals surface area (Å²) in [5.74, 6) is -1.58. The number of aliphatic hydroxyl groups is 1. The molecular weight excluding hydrogens is 308 g/mol. The van der Waals surface area contributed by atoms with Crippen molar-refractivity contribution in [3.63, 3.8) is 0 Å². The predicted molar refractivity (Wildman–Crippen MR) is 72.1 cm³/mol. The van der Waals surface area contributed by atoms with E-state index < -0.39 is 34.0 Å². The maximum atomic E-state index is 13.6. The van der Waals surface area contributed by atoms with Crippen molar-refractivity contribution >= 4 is 27.0 Å². The van der Waals surface area contributed by atoms with E-state index in [4.69, 9.17) is 5.11 Å². The Balaban J connectivity index is 2.41. The summed E-state index contributed by atoms with van der Waals surface area (Å²) in [4.78, 5) is 0.0795. The molecule has 0 fully saturated rings. The molecule has 0 amide bonds. The second kappa shape index (κ2) is 5.47. The maximum Gasteiger partial charge on any atom is 0.263 e. The number of halogens is 2. The van der Waals surface area contributed by atoms with Gasteiger partial charge in [0.25, 0.3) is 10.0 Å². The molecule has 2 rings (SSSR count). The number of anilines is 1. The summed E-state index contributed by atoms with van der Waals surface area (Å²) in [7, 11) is -4.07.